The van der Waals surface area contributed by atoms with E-state index in [1.54, 1.807) is 0 Å². The molecule has 0 aliphatic heterocycles. The van der Waals surface area contributed by atoms with Gasteiger partial charge in [-0.25, -0.2) is 0 Å². The molecule has 3 atom stereocenters. The van der Waals surface area contributed by atoms with Crippen LogP contribution in [0.1, 0.15) is 61.7 Å². The topological polar surface area (TPSA) is 78.6 Å². The number of Topliss-reactive ketones (excluding diaryl/α,β-unsaturated/α-hetero) is 1. The van der Waals surface area contributed by atoms with Gasteiger partial charge in [-0.3, -0.25) is 9.59 Å². The van der Waals surface area contributed by atoms with Gasteiger partial charge in [0.1, 0.15) is 12.2 Å². The number of rotatable bonds is 5. The molecule has 1 unspecified atom stereocenters. The summed E-state index contributed by atoms with van der Waals surface area (Å²) in [5.41, 5.74) is -0.380. The van der Waals surface area contributed by atoms with Crippen LogP contribution in [0.15, 0.2) is 47.0 Å². The number of ether oxygens (including phenoxy) is 1. The number of hydrogen-bond acceptors (Lipinski definition) is 6. The monoisotopic (exact) mass is 453 g/mol. The molecule has 2 aliphatic rings. The van der Waals surface area contributed by atoms with Gasteiger partial charge in [0.2, 0.25) is 5.78 Å². The van der Waals surface area contributed by atoms with E-state index in [1.807, 2.05) is 43.3 Å². The Morgan fingerprint density at radius 1 is 1.19 bits per heavy atom. The summed E-state index contributed by atoms with van der Waals surface area (Å²) in [6.45, 7) is 12.7. The van der Waals surface area contributed by atoms with Crippen LogP contribution in [-0.2, 0) is 15.8 Å². The molecule has 6 nitrogen and oxygen atoms in total. The Bertz CT molecular complexity index is 1070. The van der Waals surface area contributed by atoms with Gasteiger partial charge in [0, 0.05) is 11.8 Å². The molecular formula is C25H31NO5Si. The zero-order chi connectivity index (χ0) is 23.3. The molecule has 4 rings (SSSR count). The van der Waals surface area contributed by atoms with Crippen LogP contribution in [0.5, 0.6) is 5.88 Å². The quantitative estimate of drug-likeness (QED) is 0.442. The van der Waals surface area contributed by atoms with E-state index in [9.17, 15) is 9.59 Å². The fourth-order valence-electron chi connectivity index (χ4n) is 4.36. The maximum atomic E-state index is 14.1. The fourth-order valence-corrected chi connectivity index (χ4v) is 5.81. The van der Waals surface area contributed by atoms with E-state index in [2.05, 4.69) is 39.0 Å². The predicted octanol–water partition coefficient (Wildman–Crippen LogP) is 5.46. The zero-order valence-corrected chi connectivity index (χ0v) is 20.6. The van der Waals surface area contributed by atoms with Crippen LogP contribution in [0.3, 0.4) is 0 Å². The van der Waals surface area contributed by atoms with Crippen LogP contribution >= 0.6 is 0 Å². The highest BCUT2D eigenvalue weighted by Crippen LogP contribution is 2.53. The molecule has 0 saturated heterocycles. The van der Waals surface area contributed by atoms with Crippen molar-refractivity contribution in [1.82, 2.24) is 5.16 Å². The molecule has 1 aromatic heterocycles. The number of nitrogens with zero attached hydrogens (tertiary/aromatic N) is 1. The second kappa shape index (κ2) is 7.81. The van der Waals surface area contributed by atoms with E-state index < -0.39 is 13.9 Å². The first kappa shape index (κ1) is 22.7. The summed E-state index contributed by atoms with van der Waals surface area (Å²) < 4.78 is 18.3. The lowest BCUT2D eigenvalue weighted by Crippen LogP contribution is -2.64. The van der Waals surface area contributed by atoms with Gasteiger partial charge in [0.05, 0.1) is 0 Å². The Kier molecular flexibility index (Phi) is 5.54. The van der Waals surface area contributed by atoms with Crippen molar-refractivity contribution >= 4 is 19.9 Å². The lowest BCUT2D eigenvalue weighted by atomic mass is 9.63. The second-order valence-corrected chi connectivity index (χ2v) is 15.1. The van der Waals surface area contributed by atoms with Crippen molar-refractivity contribution in [2.24, 2.45) is 5.92 Å². The van der Waals surface area contributed by atoms with E-state index in [1.165, 1.54) is 6.08 Å². The van der Waals surface area contributed by atoms with Gasteiger partial charge in [-0.1, -0.05) is 64.1 Å². The Labute approximate surface area is 190 Å². The van der Waals surface area contributed by atoms with E-state index in [0.29, 0.717) is 12.2 Å². The number of aromatic nitrogens is 1. The molecule has 0 amide bonds. The number of fused-ring (bicyclic) bond motifs is 2. The molecule has 2 aromatic rings. The van der Waals surface area contributed by atoms with Gasteiger partial charge >= 0.3 is 0 Å². The molecule has 0 N–H and O–H groups in total. The third-order valence-corrected chi connectivity index (χ3v) is 11.7. The van der Waals surface area contributed by atoms with Crippen LogP contribution in [0, 0.1) is 5.92 Å². The fraction of sp³-hybridized carbons (Fsp3) is 0.480. The van der Waals surface area contributed by atoms with Crippen LogP contribution in [0.4, 0.5) is 0 Å². The van der Waals surface area contributed by atoms with Crippen molar-refractivity contribution in [2.45, 2.75) is 70.4 Å². The average molecular weight is 454 g/mol. The number of ketones is 2. The molecule has 0 bridgehead atoms. The normalized spacial score (nSPS) is 25.4. The van der Waals surface area contributed by atoms with Gasteiger partial charge in [-0.15, -0.1) is 0 Å². The number of carbonyl (C=O) groups is 2. The van der Waals surface area contributed by atoms with Gasteiger partial charge in [0.25, 0.3) is 5.88 Å². The van der Waals surface area contributed by atoms with E-state index >= 15 is 0 Å². The SMILES string of the molecule is C[C@@H]1c2onc(OCc3ccccc3)c2C(=O)C2(O[Si](C)(C)C(C)(C)C)C(=O)C=CC[C@@H]12. The first-order valence-electron chi connectivity index (χ1n) is 11.1. The average Bonchev–Trinajstić information content (AvgIpc) is 3.16. The Balaban J connectivity index is 1.78. The van der Waals surface area contributed by atoms with E-state index in [4.69, 9.17) is 13.7 Å². The van der Waals surface area contributed by atoms with Crippen molar-refractivity contribution in [1.29, 1.82) is 0 Å². The molecule has 2 aliphatic carbocycles. The standard InChI is InChI=1S/C25H31NO5Si/c1-16-18-13-10-14-19(27)25(18,31-32(5,6)24(2,3)4)22(28)20-21(16)30-26-23(20)29-15-17-11-8-7-9-12-17/h7-12,14,16,18H,13,15H2,1-6H3/t16-,18-,25?/m0/s1. The highest BCUT2D eigenvalue weighted by molar-refractivity contribution is 6.74. The third-order valence-electron chi connectivity index (χ3n) is 7.26. The third kappa shape index (κ3) is 3.48. The summed E-state index contributed by atoms with van der Waals surface area (Å²) in [7, 11) is -2.48. The summed E-state index contributed by atoms with van der Waals surface area (Å²) in [4.78, 5) is 27.5. The number of hydrogen-bond donors (Lipinski definition) is 0. The van der Waals surface area contributed by atoms with Crippen molar-refractivity contribution in [3.63, 3.8) is 0 Å². The smallest absolute Gasteiger partial charge is 0.265 e. The molecular weight excluding hydrogens is 422 g/mol. The molecule has 170 valence electrons. The summed E-state index contributed by atoms with van der Waals surface area (Å²) in [5, 5.41) is 3.91. The number of allylic oxidation sites excluding steroid dienone is 1. The minimum atomic E-state index is -2.48. The molecule has 32 heavy (non-hydrogen) atoms. The molecule has 7 heteroatoms. The maximum absolute atomic E-state index is 14.1. The lowest BCUT2D eigenvalue weighted by molar-refractivity contribution is -0.133. The largest absolute Gasteiger partial charge is 0.470 e. The van der Waals surface area contributed by atoms with Crippen LogP contribution < -0.4 is 4.74 Å². The molecule has 0 spiro atoms. The number of carbonyl (C=O) groups excluding carboxylic acids is 2. The first-order valence-corrected chi connectivity index (χ1v) is 14.0. The van der Waals surface area contributed by atoms with Crippen LogP contribution in [0.25, 0.3) is 0 Å². The Hall–Kier alpha value is -2.51. The molecule has 0 radical (unpaired) electrons. The summed E-state index contributed by atoms with van der Waals surface area (Å²) in [5.74, 6) is -0.650. The van der Waals surface area contributed by atoms with Crippen molar-refractivity contribution in [2.75, 3.05) is 0 Å². The second-order valence-electron chi connectivity index (χ2n) is 10.3. The molecule has 0 fully saturated rings. The van der Waals surface area contributed by atoms with Gasteiger partial charge in [-0.2, -0.15) is 0 Å². The van der Waals surface area contributed by atoms with Crippen molar-refractivity contribution < 1.29 is 23.3 Å². The Morgan fingerprint density at radius 3 is 2.53 bits per heavy atom. The molecule has 1 heterocycles. The van der Waals surface area contributed by atoms with Gasteiger partial charge < -0.3 is 13.7 Å². The lowest BCUT2D eigenvalue weighted by Gasteiger charge is -2.50. The molecule has 0 saturated carbocycles. The van der Waals surface area contributed by atoms with Gasteiger partial charge in [0.15, 0.2) is 25.5 Å². The van der Waals surface area contributed by atoms with Crippen LogP contribution in [0.2, 0.25) is 18.1 Å². The first-order chi connectivity index (χ1) is 15.0. The summed E-state index contributed by atoms with van der Waals surface area (Å²) >= 11 is 0. The Morgan fingerprint density at radius 2 is 1.88 bits per heavy atom. The zero-order valence-electron chi connectivity index (χ0n) is 19.6. The maximum Gasteiger partial charge on any atom is 0.265 e. The minimum absolute atomic E-state index is 0.125. The van der Waals surface area contributed by atoms with E-state index in [-0.39, 0.29) is 46.5 Å². The van der Waals surface area contributed by atoms with E-state index in [0.717, 1.165) is 5.56 Å². The summed E-state index contributed by atoms with van der Waals surface area (Å²) in [6, 6.07) is 9.64. The highest BCUT2D eigenvalue weighted by atomic mass is 28.4. The van der Waals surface area contributed by atoms with Gasteiger partial charge in [-0.05, 0) is 41.3 Å². The predicted molar refractivity (Wildman–Crippen MR) is 123 cm³/mol. The van der Waals surface area contributed by atoms with Crippen LogP contribution in [-0.4, -0.2) is 30.6 Å². The van der Waals surface area contributed by atoms with Crippen molar-refractivity contribution in [3.8, 4) is 5.88 Å². The minimum Gasteiger partial charge on any atom is -0.470 e. The van der Waals surface area contributed by atoms with Crippen molar-refractivity contribution in [3.05, 3.63) is 59.4 Å². The highest BCUT2D eigenvalue weighted by Gasteiger charge is 2.63. The number of benzene rings is 1. The summed E-state index contributed by atoms with van der Waals surface area (Å²) in [6.07, 6.45) is 3.89. The molecule has 1 aromatic carbocycles.